The fraction of sp³-hybridized carbons (Fsp3) is 0.407. The van der Waals surface area contributed by atoms with Crippen LogP contribution in [-0.4, -0.2) is 55.3 Å². The maximum absolute atomic E-state index is 13.9. The minimum absolute atomic E-state index is 0.133. The highest BCUT2D eigenvalue weighted by atomic mass is 19.1. The molecule has 1 atom stereocenters. The molecule has 194 valence electrons. The van der Waals surface area contributed by atoms with Crippen molar-refractivity contribution in [1.82, 2.24) is 14.9 Å². The Labute approximate surface area is 214 Å². The standard InChI is InChI=1S/C27H30F2N6O2/c1-34-6-4-27(5-7-34)15-30-21-13-22(24(36-2)12-20(21)27)33-25-14-26(32-16-31-25)35-23(3-8-37-35)17-9-18(28)11-19(29)10-17/h9-14,16,23,30H,3-8,15H2,1-2H3,(H,31,32,33)/t23-/m1/s1. The molecular weight excluding hydrogens is 478 g/mol. The average molecular weight is 509 g/mol. The van der Waals surface area contributed by atoms with Crippen molar-refractivity contribution < 1.29 is 18.4 Å². The van der Waals surface area contributed by atoms with Crippen molar-refractivity contribution in [3.8, 4) is 5.75 Å². The van der Waals surface area contributed by atoms with E-state index in [0.29, 0.717) is 30.2 Å². The summed E-state index contributed by atoms with van der Waals surface area (Å²) in [5.74, 6) is 0.548. The fourth-order valence-corrected chi connectivity index (χ4v) is 5.72. The summed E-state index contributed by atoms with van der Waals surface area (Å²) in [7, 11) is 3.84. The molecule has 0 radical (unpaired) electrons. The topological polar surface area (TPSA) is 74.8 Å². The van der Waals surface area contributed by atoms with Crippen LogP contribution in [0.2, 0.25) is 0 Å². The molecular formula is C27H30F2N6O2. The van der Waals surface area contributed by atoms with Gasteiger partial charge in [0.1, 0.15) is 29.5 Å². The molecule has 0 bridgehead atoms. The lowest BCUT2D eigenvalue weighted by molar-refractivity contribution is 0.156. The van der Waals surface area contributed by atoms with Crippen LogP contribution in [0.15, 0.2) is 42.7 Å². The van der Waals surface area contributed by atoms with Crippen LogP contribution in [0.1, 0.15) is 36.4 Å². The van der Waals surface area contributed by atoms with E-state index in [1.54, 1.807) is 18.2 Å². The van der Waals surface area contributed by atoms with Crippen LogP contribution in [0.5, 0.6) is 5.75 Å². The molecule has 4 heterocycles. The van der Waals surface area contributed by atoms with Gasteiger partial charge in [0.15, 0.2) is 5.82 Å². The summed E-state index contributed by atoms with van der Waals surface area (Å²) in [5, 5.41) is 8.56. The Morgan fingerprint density at radius 1 is 1.08 bits per heavy atom. The monoisotopic (exact) mass is 508 g/mol. The van der Waals surface area contributed by atoms with E-state index < -0.39 is 11.6 Å². The highest BCUT2D eigenvalue weighted by Gasteiger charge is 2.41. The van der Waals surface area contributed by atoms with Gasteiger partial charge in [0, 0.05) is 36.2 Å². The van der Waals surface area contributed by atoms with Crippen LogP contribution >= 0.6 is 0 Å². The van der Waals surface area contributed by atoms with Crippen molar-refractivity contribution in [3.63, 3.8) is 0 Å². The molecule has 0 aliphatic carbocycles. The van der Waals surface area contributed by atoms with Crippen LogP contribution in [0.3, 0.4) is 0 Å². The van der Waals surface area contributed by atoms with Gasteiger partial charge < -0.3 is 20.3 Å². The van der Waals surface area contributed by atoms with Crippen molar-refractivity contribution in [1.29, 1.82) is 0 Å². The van der Waals surface area contributed by atoms with Crippen molar-refractivity contribution >= 4 is 23.0 Å². The summed E-state index contributed by atoms with van der Waals surface area (Å²) >= 11 is 0. The molecule has 3 aromatic rings. The maximum Gasteiger partial charge on any atom is 0.158 e. The number of hydroxylamine groups is 1. The Morgan fingerprint density at radius 3 is 2.62 bits per heavy atom. The highest BCUT2D eigenvalue weighted by Crippen LogP contribution is 2.47. The van der Waals surface area contributed by atoms with Crippen LogP contribution < -0.4 is 20.4 Å². The summed E-state index contributed by atoms with van der Waals surface area (Å²) in [4.78, 5) is 16.9. The van der Waals surface area contributed by atoms with Gasteiger partial charge >= 0.3 is 0 Å². The summed E-state index contributed by atoms with van der Waals surface area (Å²) in [6.45, 7) is 3.50. The van der Waals surface area contributed by atoms with Gasteiger partial charge in [-0.2, -0.15) is 0 Å². The van der Waals surface area contributed by atoms with Crippen LogP contribution in [0.25, 0.3) is 0 Å². The summed E-state index contributed by atoms with van der Waals surface area (Å²) in [5.41, 5.74) is 3.83. The molecule has 37 heavy (non-hydrogen) atoms. The van der Waals surface area contributed by atoms with Crippen LogP contribution in [-0.2, 0) is 10.3 Å². The molecule has 10 heteroatoms. The number of benzene rings is 2. The second-order valence-electron chi connectivity index (χ2n) is 10.1. The quantitative estimate of drug-likeness (QED) is 0.510. The molecule has 2 saturated heterocycles. The zero-order valence-electron chi connectivity index (χ0n) is 20.9. The zero-order chi connectivity index (χ0) is 25.6. The first-order valence-electron chi connectivity index (χ1n) is 12.6. The molecule has 2 aromatic carbocycles. The van der Waals surface area contributed by atoms with Gasteiger partial charge in [0.25, 0.3) is 0 Å². The Bertz CT molecular complexity index is 1290. The normalized spacial score (nSPS) is 20.6. The predicted molar refractivity (Wildman–Crippen MR) is 137 cm³/mol. The average Bonchev–Trinajstić information content (AvgIpc) is 3.51. The zero-order valence-corrected chi connectivity index (χ0v) is 20.9. The lowest BCUT2D eigenvalue weighted by Crippen LogP contribution is -2.42. The number of ether oxygens (including phenoxy) is 1. The second-order valence-corrected chi connectivity index (χ2v) is 10.1. The molecule has 2 N–H and O–H groups in total. The van der Waals surface area contributed by atoms with E-state index in [0.717, 1.165) is 55.7 Å². The van der Waals surface area contributed by atoms with Gasteiger partial charge in [0.2, 0.25) is 0 Å². The van der Waals surface area contributed by atoms with Gasteiger partial charge in [-0.05, 0) is 68.4 Å². The molecule has 1 spiro atoms. The minimum atomic E-state index is -0.619. The van der Waals surface area contributed by atoms with Crippen molar-refractivity contribution in [3.05, 3.63) is 65.5 Å². The molecule has 3 aliphatic rings. The Hall–Kier alpha value is -3.50. The third kappa shape index (κ3) is 4.44. The Morgan fingerprint density at radius 2 is 1.86 bits per heavy atom. The van der Waals surface area contributed by atoms with E-state index in [4.69, 9.17) is 9.57 Å². The molecule has 0 unspecified atom stereocenters. The first-order chi connectivity index (χ1) is 17.9. The lowest BCUT2D eigenvalue weighted by atomic mass is 9.74. The molecule has 6 rings (SSSR count). The Kier molecular flexibility index (Phi) is 6.08. The number of nitrogens with one attached hydrogen (secondary N) is 2. The first-order valence-corrected chi connectivity index (χ1v) is 12.6. The number of anilines is 4. The van der Waals surface area contributed by atoms with Gasteiger partial charge in [-0.25, -0.2) is 23.8 Å². The van der Waals surface area contributed by atoms with Crippen molar-refractivity contribution in [2.75, 3.05) is 56.1 Å². The number of fused-ring (bicyclic) bond motifs is 2. The SMILES string of the molecule is COc1cc2c(cc1Nc1cc(N3OCC[C@@H]3c3cc(F)cc(F)c3)ncn1)NCC21CCN(C)CC1. The van der Waals surface area contributed by atoms with Gasteiger partial charge in [-0.1, -0.05) is 0 Å². The number of aromatic nitrogens is 2. The summed E-state index contributed by atoms with van der Waals surface area (Å²) in [6, 6.07) is 9.13. The third-order valence-corrected chi connectivity index (χ3v) is 7.79. The second kappa shape index (κ2) is 9.42. The number of piperidine rings is 1. The van der Waals surface area contributed by atoms with Gasteiger partial charge in [-0.3, -0.25) is 4.84 Å². The molecule has 1 aromatic heterocycles. The largest absolute Gasteiger partial charge is 0.495 e. The number of methoxy groups -OCH3 is 1. The van der Waals surface area contributed by atoms with Gasteiger partial charge in [-0.15, -0.1) is 0 Å². The van der Waals surface area contributed by atoms with E-state index in [9.17, 15) is 8.78 Å². The van der Waals surface area contributed by atoms with Crippen molar-refractivity contribution in [2.24, 2.45) is 0 Å². The van der Waals surface area contributed by atoms with Crippen molar-refractivity contribution in [2.45, 2.75) is 30.7 Å². The third-order valence-electron chi connectivity index (χ3n) is 7.79. The summed E-state index contributed by atoms with van der Waals surface area (Å²) < 4.78 is 33.5. The van der Waals surface area contributed by atoms with E-state index in [-0.39, 0.29) is 11.5 Å². The fourth-order valence-electron chi connectivity index (χ4n) is 5.72. The first kappa shape index (κ1) is 23.9. The van der Waals surface area contributed by atoms with E-state index in [1.807, 2.05) is 0 Å². The predicted octanol–water partition coefficient (Wildman–Crippen LogP) is 4.78. The number of hydrogen-bond donors (Lipinski definition) is 2. The van der Waals surface area contributed by atoms with Crippen LogP contribution in [0, 0.1) is 11.6 Å². The molecule has 2 fully saturated rings. The molecule has 8 nitrogen and oxygen atoms in total. The summed E-state index contributed by atoms with van der Waals surface area (Å²) in [6.07, 6.45) is 4.24. The van der Waals surface area contributed by atoms with Gasteiger partial charge in [0.05, 0.1) is 25.4 Å². The smallest absolute Gasteiger partial charge is 0.158 e. The molecule has 0 amide bonds. The Balaban J connectivity index is 1.27. The number of nitrogens with zero attached hydrogens (tertiary/aromatic N) is 4. The van der Waals surface area contributed by atoms with E-state index >= 15 is 0 Å². The number of likely N-dealkylation sites (tertiary alicyclic amines) is 1. The number of hydrogen-bond acceptors (Lipinski definition) is 8. The molecule has 3 aliphatic heterocycles. The maximum atomic E-state index is 13.9. The minimum Gasteiger partial charge on any atom is -0.495 e. The van der Waals surface area contributed by atoms with Crippen LogP contribution in [0.4, 0.5) is 31.8 Å². The van der Waals surface area contributed by atoms with E-state index in [1.165, 1.54) is 24.0 Å². The molecule has 0 saturated carbocycles. The van der Waals surface area contributed by atoms with E-state index in [2.05, 4.69) is 44.7 Å². The highest BCUT2D eigenvalue weighted by molar-refractivity contribution is 5.76. The number of halogens is 2. The lowest BCUT2D eigenvalue weighted by Gasteiger charge is -2.38. The number of rotatable bonds is 5.